The Labute approximate surface area is 162 Å². The van der Waals surface area contributed by atoms with Crippen LogP contribution in [0.5, 0.6) is 0 Å². The van der Waals surface area contributed by atoms with E-state index >= 15 is 0 Å². The van der Waals surface area contributed by atoms with Crippen LogP contribution in [0.4, 0.5) is 11.4 Å². The van der Waals surface area contributed by atoms with Crippen LogP contribution in [0.15, 0.2) is 18.2 Å². The number of nitrogen functional groups attached to an aromatic ring is 1. The predicted octanol–water partition coefficient (Wildman–Crippen LogP) is 3.25. The average Bonchev–Trinajstić information content (AvgIpc) is 2.66. The number of amides is 2. The number of nitrogens with zero attached hydrogens (tertiary/aromatic N) is 2. The number of nitrogens with two attached hydrogens (primary N) is 1. The number of fused-ring (bicyclic) bond motifs is 1. The number of anilines is 2. The summed E-state index contributed by atoms with van der Waals surface area (Å²) in [6.07, 6.45) is 4.46. The molecule has 1 saturated heterocycles. The molecule has 0 aliphatic carbocycles. The molecule has 1 aromatic carbocycles. The molecule has 5 nitrogen and oxygen atoms in total. The van der Waals surface area contributed by atoms with Gasteiger partial charge in [-0.05, 0) is 49.8 Å². The lowest BCUT2D eigenvalue weighted by Crippen LogP contribution is -2.49. The molecule has 3 rings (SSSR count). The van der Waals surface area contributed by atoms with Gasteiger partial charge < -0.3 is 15.5 Å². The third-order valence-electron chi connectivity index (χ3n) is 5.67. The van der Waals surface area contributed by atoms with Crippen LogP contribution < -0.4 is 10.6 Å². The Kier molecular flexibility index (Phi) is 6.93. The van der Waals surface area contributed by atoms with Crippen LogP contribution in [0, 0.1) is 11.8 Å². The van der Waals surface area contributed by atoms with Gasteiger partial charge >= 0.3 is 0 Å². The number of benzene rings is 1. The number of hydrogen-bond donors (Lipinski definition) is 1. The molecule has 0 saturated carbocycles. The van der Waals surface area contributed by atoms with Crippen molar-refractivity contribution in [3.63, 3.8) is 0 Å². The molecule has 1 aromatic rings. The smallest absolute Gasteiger partial charge is 0.231 e. The molecule has 2 atom stereocenters. The summed E-state index contributed by atoms with van der Waals surface area (Å²) in [5.74, 6) is 0.259. The Bertz CT molecular complexity index is 664. The minimum atomic E-state index is -0.103. The van der Waals surface area contributed by atoms with E-state index in [4.69, 9.17) is 5.73 Å². The third-order valence-corrected chi connectivity index (χ3v) is 5.67. The van der Waals surface area contributed by atoms with Gasteiger partial charge in [-0.15, -0.1) is 12.4 Å². The second kappa shape index (κ2) is 8.76. The van der Waals surface area contributed by atoms with Gasteiger partial charge in [0.2, 0.25) is 11.8 Å². The Hall–Kier alpha value is -1.75. The maximum atomic E-state index is 13.2. The first-order valence-electron chi connectivity index (χ1n) is 9.50. The number of rotatable bonds is 3. The van der Waals surface area contributed by atoms with Crippen molar-refractivity contribution in [1.82, 2.24) is 4.90 Å². The normalized spacial score (nSPS) is 20.8. The lowest BCUT2D eigenvalue weighted by Gasteiger charge is -2.38. The van der Waals surface area contributed by atoms with Crippen molar-refractivity contribution in [3.8, 4) is 0 Å². The molecule has 2 aliphatic heterocycles. The van der Waals surface area contributed by atoms with Crippen LogP contribution >= 0.6 is 12.4 Å². The molecule has 0 aromatic heterocycles. The largest absolute Gasteiger partial charge is 0.398 e. The molecule has 0 bridgehead atoms. The van der Waals surface area contributed by atoms with Crippen molar-refractivity contribution in [2.75, 3.05) is 30.3 Å². The standard InChI is InChI=1S/C20H29N3O2.ClH/c1-3-14(2)19(24)22-11-5-7-15(13-22)20(25)23-12-6-8-16-17(21)9-4-10-18(16)23;/h4,9-10,14-15H,3,5-8,11-13,21H2,1-2H3;1H. The first kappa shape index (κ1) is 20.6. The van der Waals surface area contributed by atoms with Gasteiger partial charge in [0.1, 0.15) is 0 Å². The minimum absolute atomic E-state index is 0. The SMILES string of the molecule is CCC(C)C(=O)N1CCCC(C(=O)N2CCCc3c(N)cccc32)C1.Cl. The van der Waals surface area contributed by atoms with Gasteiger partial charge in [-0.3, -0.25) is 9.59 Å². The van der Waals surface area contributed by atoms with Gasteiger partial charge in [-0.2, -0.15) is 0 Å². The van der Waals surface area contributed by atoms with Crippen molar-refractivity contribution in [3.05, 3.63) is 23.8 Å². The van der Waals surface area contributed by atoms with E-state index in [1.165, 1.54) is 0 Å². The highest BCUT2D eigenvalue weighted by Crippen LogP contribution is 2.33. The van der Waals surface area contributed by atoms with Gasteiger partial charge in [0, 0.05) is 36.9 Å². The van der Waals surface area contributed by atoms with E-state index in [1.807, 2.05) is 41.8 Å². The van der Waals surface area contributed by atoms with E-state index < -0.39 is 0 Å². The van der Waals surface area contributed by atoms with Crippen LogP contribution in [-0.4, -0.2) is 36.3 Å². The van der Waals surface area contributed by atoms with Crippen LogP contribution in [0.1, 0.15) is 45.1 Å². The molecule has 2 unspecified atom stereocenters. The third kappa shape index (κ3) is 3.98. The van der Waals surface area contributed by atoms with Crippen LogP contribution in [0.25, 0.3) is 0 Å². The van der Waals surface area contributed by atoms with Gasteiger partial charge in [-0.25, -0.2) is 0 Å². The molecule has 2 N–H and O–H groups in total. The van der Waals surface area contributed by atoms with E-state index in [0.29, 0.717) is 6.54 Å². The lowest BCUT2D eigenvalue weighted by molar-refractivity contribution is -0.138. The highest BCUT2D eigenvalue weighted by atomic mass is 35.5. The summed E-state index contributed by atoms with van der Waals surface area (Å²) >= 11 is 0. The molecule has 0 radical (unpaired) electrons. The summed E-state index contributed by atoms with van der Waals surface area (Å²) < 4.78 is 0. The highest BCUT2D eigenvalue weighted by Gasteiger charge is 2.34. The summed E-state index contributed by atoms with van der Waals surface area (Å²) in [6.45, 7) is 6.07. The molecule has 2 amide bonds. The van der Waals surface area contributed by atoms with Gasteiger partial charge in [-0.1, -0.05) is 19.9 Å². The monoisotopic (exact) mass is 379 g/mol. The van der Waals surface area contributed by atoms with Crippen molar-refractivity contribution in [1.29, 1.82) is 0 Å². The summed E-state index contributed by atoms with van der Waals surface area (Å²) in [5, 5.41) is 0. The summed E-state index contributed by atoms with van der Waals surface area (Å²) in [4.78, 5) is 29.5. The lowest BCUT2D eigenvalue weighted by atomic mass is 9.92. The molecule has 2 aliphatic rings. The van der Waals surface area contributed by atoms with E-state index in [2.05, 4.69) is 0 Å². The molecule has 1 fully saturated rings. The van der Waals surface area contributed by atoms with Crippen molar-refractivity contribution >= 4 is 35.6 Å². The van der Waals surface area contributed by atoms with Gasteiger partial charge in [0.25, 0.3) is 0 Å². The molecule has 144 valence electrons. The fraction of sp³-hybridized carbons (Fsp3) is 0.600. The maximum Gasteiger partial charge on any atom is 0.231 e. The number of piperidine rings is 1. The first-order valence-corrected chi connectivity index (χ1v) is 9.50. The second-order valence-electron chi connectivity index (χ2n) is 7.37. The second-order valence-corrected chi connectivity index (χ2v) is 7.37. The highest BCUT2D eigenvalue weighted by molar-refractivity contribution is 5.97. The van der Waals surface area contributed by atoms with Crippen LogP contribution in [-0.2, 0) is 16.0 Å². The minimum Gasteiger partial charge on any atom is -0.398 e. The maximum absolute atomic E-state index is 13.2. The van der Waals surface area contributed by atoms with Crippen molar-refractivity contribution < 1.29 is 9.59 Å². The van der Waals surface area contributed by atoms with Crippen molar-refractivity contribution in [2.24, 2.45) is 11.8 Å². The zero-order valence-electron chi connectivity index (χ0n) is 15.7. The fourth-order valence-electron chi connectivity index (χ4n) is 3.97. The topological polar surface area (TPSA) is 66.6 Å². The quantitative estimate of drug-likeness (QED) is 0.819. The van der Waals surface area contributed by atoms with Crippen LogP contribution in [0.2, 0.25) is 0 Å². The Balaban J connectivity index is 0.00000243. The van der Waals surface area contributed by atoms with Crippen LogP contribution in [0.3, 0.4) is 0 Å². The molecule has 0 spiro atoms. The van der Waals surface area contributed by atoms with E-state index in [9.17, 15) is 9.59 Å². The molecule has 6 heteroatoms. The summed E-state index contributed by atoms with van der Waals surface area (Å²) in [6, 6.07) is 5.81. The fourth-order valence-corrected chi connectivity index (χ4v) is 3.97. The predicted molar refractivity (Wildman–Crippen MR) is 108 cm³/mol. The number of hydrogen-bond acceptors (Lipinski definition) is 3. The first-order chi connectivity index (χ1) is 12.0. The Morgan fingerprint density at radius 3 is 2.77 bits per heavy atom. The zero-order chi connectivity index (χ0) is 18.0. The average molecular weight is 380 g/mol. The van der Waals surface area contributed by atoms with Gasteiger partial charge in [0.15, 0.2) is 0 Å². The molecular weight excluding hydrogens is 350 g/mol. The molecular formula is C20H30ClN3O2. The summed E-state index contributed by atoms with van der Waals surface area (Å²) in [7, 11) is 0. The summed E-state index contributed by atoms with van der Waals surface area (Å²) in [5.41, 5.74) is 8.92. The number of carbonyl (C=O) groups excluding carboxylic acids is 2. The van der Waals surface area contributed by atoms with E-state index in [0.717, 1.165) is 62.1 Å². The Morgan fingerprint density at radius 1 is 1.27 bits per heavy atom. The number of halogens is 1. The number of likely N-dealkylation sites (tertiary alicyclic amines) is 1. The van der Waals surface area contributed by atoms with Gasteiger partial charge in [0.05, 0.1) is 5.92 Å². The zero-order valence-corrected chi connectivity index (χ0v) is 16.6. The van der Waals surface area contributed by atoms with Crippen molar-refractivity contribution in [2.45, 2.75) is 46.0 Å². The molecule has 26 heavy (non-hydrogen) atoms. The van der Waals surface area contributed by atoms with E-state index in [-0.39, 0.29) is 36.1 Å². The Morgan fingerprint density at radius 2 is 2.04 bits per heavy atom. The van der Waals surface area contributed by atoms with E-state index in [1.54, 1.807) is 0 Å². The molecule has 2 heterocycles. The number of carbonyl (C=O) groups is 2.